The Hall–Kier alpha value is 0.494. The number of hydrogen-bond acceptors (Lipinski definition) is 0. The first-order valence-corrected chi connectivity index (χ1v) is 4.05. The number of rotatable bonds is 2. The van der Waals surface area contributed by atoms with E-state index in [4.69, 9.17) is 0 Å². The molecule has 10 heavy (non-hydrogen) atoms. The van der Waals surface area contributed by atoms with Gasteiger partial charge in [-0.1, -0.05) is 39.2 Å². The van der Waals surface area contributed by atoms with Crippen LogP contribution in [0.2, 0.25) is 0 Å². The van der Waals surface area contributed by atoms with Crippen LogP contribution in [0.15, 0.2) is 24.0 Å². The molecule has 0 aliphatic heterocycles. The zero-order chi connectivity index (χ0) is 7.70. The molecule has 0 aromatic heterocycles. The smallest absolute Gasteiger partial charge is 0 e. The molecule has 0 N–H and O–H groups in total. The molecule has 2 heteroatoms. The van der Waals surface area contributed by atoms with E-state index in [9.17, 15) is 0 Å². The normalized spacial score (nSPS) is 8.60. The maximum Gasteiger partial charge on any atom is 0 e. The van der Waals surface area contributed by atoms with E-state index in [2.05, 4.69) is 22.7 Å². The van der Waals surface area contributed by atoms with Crippen LogP contribution in [0.4, 0.5) is 0 Å². The van der Waals surface area contributed by atoms with Crippen LogP contribution in [0.25, 0.3) is 0 Å². The van der Waals surface area contributed by atoms with Crippen molar-refractivity contribution < 1.29 is 18.6 Å². The van der Waals surface area contributed by atoms with Gasteiger partial charge in [0, 0.05) is 18.6 Å². The Morgan fingerprint density at radius 3 is 1.90 bits per heavy atom. The fraction of sp³-hybridized carbons (Fsp3) is 0.500. The molecule has 1 radical (unpaired) electrons. The predicted molar refractivity (Wildman–Crippen MR) is 49.6 cm³/mol. The van der Waals surface area contributed by atoms with Gasteiger partial charge in [0.05, 0.1) is 0 Å². The van der Waals surface area contributed by atoms with Crippen LogP contribution < -0.4 is 0 Å². The van der Waals surface area contributed by atoms with Crippen molar-refractivity contribution >= 4 is 9.24 Å². The summed E-state index contributed by atoms with van der Waals surface area (Å²) in [7, 11) is 2.55. The molecule has 0 nitrogen and oxygen atoms in total. The average molecular weight is 195 g/mol. The van der Waals surface area contributed by atoms with Crippen molar-refractivity contribution in [1.82, 2.24) is 0 Å². The second-order valence-electron chi connectivity index (χ2n) is 1.30. The molecule has 0 heterocycles. The molecule has 0 amide bonds. The van der Waals surface area contributed by atoms with E-state index in [-0.39, 0.29) is 18.6 Å². The number of hydrogen-bond donors (Lipinski definition) is 0. The Balaban J connectivity index is -0.000000149. The van der Waals surface area contributed by atoms with Crippen LogP contribution in [0.5, 0.6) is 0 Å². The zero-order valence-electron chi connectivity index (χ0n) is 7.09. The van der Waals surface area contributed by atoms with E-state index in [1.165, 1.54) is 5.57 Å². The van der Waals surface area contributed by atoms with Gasteiger partial charge in [0.15, 0.2) is 0 Å². The molecular formula is C8H17PV. The van der Waals surface area contributed by atoms with Gasteiger partial charge < -0.3 is 0 Å². The van der Waals surface area contributed by atoms with E-state index < -0.39 is 0 Å². The fourth-order valence-corrected chi connectivity index (χ4v) is 0.702. The van der Waals surface area contributed by atoms with Gasteiger partial charge in [-0.25, -0.2) is 0 Å². The molecule has 1 atom stereocenters. The maximum absolute atomic E-state index is 3.62. The topological polar surface area (TPSA) is 0 Å². The summed E-state index contributed by atoms with van der Waals surface area (Å²) >= 11 is 0. The molecule has 1 unspecified atom stereocenters. The third kappa shape index (κ3) is 11.3. The van der Waals surface area contributed by atoms with E-state index in [1.807, 2.05) is 25.7 Å². The minimum absolute atomic E-state index is 0. The van der Waals surface area contributed by atoms with Crippen molar-refractivity contribution in [2.24, 2.45) is 0 Å². The van der Waals surface area contributed by atoms with Crippen molar-refractivity contribution in [3.05, 3.63) is 24.0 Å². The minimum Gasteiger partial charge on any atom is -0.113 e. The standard InChI is InChI=1S/C6H11P.C2H6.V/c1-3-6(4-2)5-7;1-2;/h3,5H,1,4,7H2,2H3;1-2H3;/b6-5+;;. The van der Waals surface area contributed by atoms with Crippen molar-refractivity contribution in [3.63, 3.8) is 0 Å². The zero-order valence-corrected chi connectivity index (χ0v) is 9.64. The molecule has 59 valence electrons. The summed E-state index contributed by atoms with van der Waals surface area (Å²) in [6, 6.07) is 0. The van der Waals surface area contributed by atoms with E-state index in [0.717, 1.165) is 6.42 Å². The molecule has 0 aromatic rings. The van der Waals surface area contributed by atoms with E-state index in [1.54, 1.807) is 0 Å². The largest absolute Gasteiger partial charge is 0.113 e. The summed E-state index contributed by atoms with van der Waals surface area (Å²) in [4.78, 5) is 0. The molecule has 0 spiro atoms. The van der Waals surface area contributed by atoms with Crippen molar-refractivity contribution in [2.45, 2.75) is 27.2 Å². The van der Waals surface area contributed by atoms with Crippen LogP contribution in [0, 0.1) is 0 Å². The Labute approximate surface area is 79.3 Å². The van der Waals surface area contributed by atoms with Gasteiger partial charge in [0.25, 0.3) is 0 Å². The molecule has 0 saturated carbocycles. The van der Waals surface area contributed by atoms with Gasteiger partial charge in [0.1, 0.15) is 0 Å². The molecular weight excluding hydrogens is 178 g/mol. The summed E-state index contributed by atoms with van der Waals surface area (Å²) in [5.41, 5.74) is 1.28. The molecule has 0 rings (SSSR count). The van der Waals surface area contributed by atoms with Crippen molar-refractivity contribution in [3.8, 4) is 0 Å². The van der Waals surface area contributed by atoms with E-state index >= 15 is 0 Å². The minimum atomic E-state index is 0. The summed E-state index contributed by atoms with van der Waals surface area (Å²) < 4.78 is 0. The van der Waals surface area contributed by atoms with Gasteiger partial charge in [0.2, 0.25) is 0 Å². The van der Waals surface area contributed by atoms with Crippen LogP contribution >= 0.6 is 9.24 Å². The van der Waals surface area contributed by atoms with E-state index in [0.29, 0.717) is 0 Å². The van der Waals surface area contributed by atoms with Gasteiger partial charge >= 0.3 is 0 Å². The fourth-order valence-electron chi connectivity index (χ4n) is 0.330. The van der Waals surface area contributed by atoms with Crippen LogP contribution in [0.1, 0.15) is 27.2 Å². The van der Waals surface area contributed by atoms with Gasteiger partial charge in [-0.05, 0) is 12.0 Å². The third-order valence-electron chi connectivity index (χ3n) is 0.885. The average Bonchev–Trinajstić information content (AvgIpc) is 1.96. The van der Waals surface area contributed by atoms with Gasteiger partial charge in [-0.15, -0.1) is 9.24 Å². The monoisotopic (exact) mass is 195 g/mol. The van der Waals surface area contributed by atoms with Crippen molar-refractivity contribution in [1.29, 1.82) is 0 Å². The molecule has 0 aromatic carbocycles. The first-order valence-electron chi connectivity index (χ1n) is 3.38. The maximum atomic E-state index is 3.62. The van der Waals surface area contributed by atoms with Crippen LogP contribution in [-0.2, 0) is 18.6 Å². The summed E-state index contributed by atoms with van der Waals surface area (Å²) in [6.45, 7) is 9.73. The molecule has 0 aliphatic rings. The Bertz CT molecular complexity index is 87.3. The first-order chi connectivity index (χ1) is 4.35. The number of allylic oxidation sites excluding steroid dienone is 2. The first kappa shape index (κ1) is 16.8. The Kier molecular flexibility index (Phi) is 27.4. The quantitative estimate of drug-likeness (QED) is 0.468. The summed E-state index contributed by atoms with van der Waals surface area (Å²) in [5.74, 6) is 1.99. The molecule has 0 fully saturated rings. The predicted octanol–water partition coefficient (Wildman–Crippen LogP) is 3.37. The SMILES string of the molecule is C=C/C(=C\P)CC.CC.[V]. The van der Waals surface area contributed by atoms with Crippen LogP contribution in [-0.4, -0.2) is 0 Å². The second-order valence-corrected chi connectivity index (χ2v) is 1.63. The van der Waals surface area contributed by atoms with Gasteiger partial charge in [-0.2, -0.15) is 0 Å². The van der Waals surface area contributed by atoms with Crippen LogP contribution in [0.3, 0.4) is 0 Å². The third-order valence-corrected chi connectivity index (χ3v) is 1.31. The summed E-state index contributed by atoms with van der Waals surface area (Å²) in [6.07, 6.45) is 2.94. The Morgan fingerprint density at radius 1 is 1.50 bits per heavy atom. The second kappa shape index (κ2) is 16.2. The van der Waals surface area contributed by atoms with Crippen molar-refractivity contribution in [2.75, 3.05) is 0 Å². The summed E-state index contributed by atoms with van der Waals surface area (Å²) in [5, 5.41) is 0. The van der Waals surface area contributed by atoms with Gasteiger partial charge in [-0.3, -0.25) is 0 Å². The molecule has 0 saturated heterocycles. The molecule has 0 aliphatic carbocycles. The Morgan fingerprint density at radius 2 is 1.90 bits per heavy atom. The molecule has 0 bridgehead atoms.